The number of hydrogen-bond donors (Lipinski definition) is 2. The normalized spacial score (nSPS) is 10.9. The fourth-order valence-corrected chi connectivity index (χ4v) is 1.80. The predicted octanol–water partition coefficient (Wildman–Crippen LogP) is 2.98. The average molecular weight is 246 g/mol. The molecular formula is C12H8ClN3O. The smallest absolute Gasteiger partial charge is 0.179 e. The highest BCUT2D eigenvalue weighted by Crippen LogP contribution is 2.23. The number of benzene rings is 1. The molecule has 0 spiro atoms. The Balaban J connectivity index is 2.18. The second-order valence-electron chi connectivity index (χ2n) is 3.64. The molecule has 0 aliphatic carbocycles. The molecule has 2 N–H and O–H groups in total. The first-order chi connectivity index (χ1) is 8.22. The van der Waals surface area contributed by atoms with Crippen LogP contribution in [0.25, 0.3) is 22.6 Å². The van der Waals surface area contributed by atoms with Crippen LogP contribution in [-0.2, 0) is 0 Å². The van der Waals surface area contributed by atoms with Crippen molar-refractivity contribution in [2.75, 3.05) is 0 Å². The van der Waals surface area contributed by atoms with Gasteiger partial charge in [-0.3, -0.25) is 0 Å². The minimum absolute atomic E-state index is 0.203. The fraction of sp³-hybridized carbons (Fsp3) is 0. The molecule has 84 valence electrons. The molecule has 3 rings (SSSR count). The number of aromatic nitrogens is 3. The molecule has 4 nitrogen and oxygen atoms in total. The molecule has 0 aliphatic rings. The number of nitrogens with one attached hydrogen (secondary N) is 1. The van der Waals surface area contributed by atoms with Crippen molar-refractivity contribution < 1.29 is 5.11 Å². The highest BCUT2D eigenvalue weighted by Gasteiger charge is 2.06. The predicted molar refractivity (Wildman–Crippen MR) is 66.0 cm³/mol. The standard InChI is InChI=1S/C12H8ClN3O/c13-10-5-4-9-12(15-10)16-11(14-9)7-2-1-3-8(17)6-7/h1-6,17H,(H,14,15,16). The summed E-state index contributed by atoms with van der Waals surface area (Å²) in [6, 6.07) is 10.4. The van der Waals surface area contributed by atoms with E-state index in [-0.39, 0.29) is 5.75 Å². The van der Waals surface area contributed by atoms with E-state index in [1.807, 2.05) is 12.1 Å². The van der Waals surface area contributed by atoms with Gasteiger partial charge in [0, 0.05) is 5.56 Å². The number of aromatic amines is 1. The van der Waals surface area contributed by atoms with Crippen LogP contribution in [0.2, 0.25) is 5.15 Å². The van der Waals surface area contributed by atoms with Crippen LogP contribution in [-0.4, -0.2) is 20.1 Å². The lowest BCUT2D eigenvalue weighted by atomic mass is 10.2. The molecule has 5 heteroatoms. The first-order valence-corrected chi connectivity index (χ1v) is 5.42. The van der Waals surface area contributed by atoms with Crippen LogP contribution in [0.4, 0.5) is 0 Å². The van der Waals surface area contributed by atoms with Gasteiger partial charge >= 0.3 is 0 Å². The van der Waals surface area contributed by atoms with Crippen LogP contribution < -0.4 is 0 Å². The summed E-state index contributed by atoms with van der Waals surface area (Å²) in [7, 11) is 0. The number of pyridine rings is 1. The zero-order valence-electron chi connectivity index (χ0n) is 8.68. The van der Waals surface area contributed by atoms with Crippen molar-refractivity contribution in [3.8, 4) is 17.1 Å². The summed E-state index contributed by atoms with van der Waals surface area (Å²) in [6.45, 7) is 0. The number of rotatable bonds is 1. The van der Waals surface area contributed by atoms with Gasteiger partial charge in [0.2, 0.25) is 0 Å². The number of aromatic hydroxyl groups is 1. The minimum Gasteiger partial charge on any atom is -0.508 e. The third-order valence-corrected chi connectivity index (χ3v) is 2.64. The summed E-state index contributed by atoms with van der Waals surface area (Å²) in [4.78, 5) is 11.6. The summed E-state index contributed by atoms with van der Waals surface area (Å²) in [5, 5.41) is 9.82. The Kier molecular flexibility index (Phi) is 2.23. The number of H-pyrrole nitrogens is 1. The molecule has 0 saturated carbocycles. The molecule has 0 saturated heterocycles. The fourth-order valence-electron chi connectivity index (χ4n) is 1.66. The van der Waals surface area contributed by atoms with E-state index in [9.17, 15) is 5.11 Å². The van der Waals surface area contributed by atoms with Gasteiger partial charge in [0.05, 0.1) is 5.52 Å². The number of nitrogens with zero attached hydrogens (tertiary/aromatic N) is 2. The van der Waals surface area contributed by atoms with Crippen LogP contribution in [0, 0.1) is 0 Å². The van der Waals surface area contributed by atoms with E-state index < -0.39 is 0 Å². The van der Waals surface area contributed by atoms with Gasteiger partial charge in [0.1, 0.15) is 16.7 Å². The highest BCUT2D eigenvalue weighted by molar-refractivity contribution is 6.29. The number of imidazole rings is 1. The molecule has 0 atom stereocenters. The first-order valence-electron chi connectivity index (χ1n) is 5.04. The highest BCUT2D eigenvalue weighted by atomic mass is 35.5. The second-order valence-corrected chi connectivity index (χ2v) is 4.03. The SMILES string of the molecule is Oc1cccc(-c2nc3nc(Cl)ccc3[nH]2)c1. The molecule has 3 aromatic rings. The zero-order valence-corrected chi connectivity index (χ0v) is 9.44. The van der Waals surface area contributed by atoms with Crippen molar-refractivity contribution in [1.29, 1.82) is 0 Å². The molecule has 1 aromatic carbocycles. The Hall–Kier alpha value is -2.07. The van der Waals surface area contributed by atoms with Crippen LogP contribution in [0.5, 0.6) is 5.75 Å². The van der Waals surface area contributed by atoms with Crippen LogP contribution >= 0.6 is 11.6 Å². The molecular weight excluding hydrogens is 238 g/mol. The van der Waals surface area contributed by atoms with Gasteiger partial charge in [-0.25, -0.2) is 9.97 Å². The van der Waals surface area contributed by atoms with Crippen LogP contribution in [0.1, 0.15) is 0 Å². The molecule has 0 bridgehead atoms. The third kappa shape index (κ3) is 1.83. The maximum atomic E-state index is 9.41. The third-order valence-electron chi connectivity index (χ3n) is 2.43. The number of hydrogen-bond acceptors (Lipinski definition) is 3. The van der Waals surface area contributed by atoms with Crippen LogP contribution in [0.15, 0.2) is 36.4 Å². The number of phenolic OH excluding ortho intramolecular Hbond substituents is 1. The largest absolute Gasteiger partial charge is 0.508 e. The summed E-state index contributed by atoms with van der Waals surface area (Å²) in [6.07, 6.45) is 0. The summed E-state index contributed by atoms with van der Waals surface area (Å²) in [5.41, 5.74) is 2.18. The van der Waals surface area contributed by atoms with Crippen molar-refractivity contribution in [2.24, 2.45) is 0 Å². The Morgan fingerprint density at radius 3 is 2.82 bits per heavy atom. The summed E-state index contributed by atoms with van der Waals surface area (Å²) in [5.74, 6) is 0.861. The van der Waals surface area contributed by atoms with Crippen molar-refractivity contribution in [1.82, 2.24) is 15.0 Å². The van der Waals surface area contributed by atoms with E-state index in [1.165, 1.54) is 0 Å². The Labute approximate surface area is 102 Å². The first kappa shape index (κ1) is 10.1. The quantitative estimate of drug-likeness (QED) is 0.648. The summed E-state index contributed by atoms with van der Waals surface area (Å²) >= 11 is 5.79. The van der Waals surface area contributed by atoms with E-state index in [4.69, 9.17) is 11.6 Å². The van der Waals surface area contributed by atoms with Crippen molar-refractivity contribution in [3.63, 3.8) is 0 Å². The van der Waals surface area contributed by atoms with Gasteiger partial charge in [-0.05, 0) is 24.3 Å². The lowest BCUT2D eigenvalue weighted by Gasteiger charge is -1.96. The lowest BCUT2D eigenvalue weighted by Crippen LogP contribution is -1.79. The summed E-state index contributed by atoms with van der Waals surface area (Å²) < 4.78 is 0. The monoisotopic (exact) mass is 245 g/mol. The van der Waals surface area contributed by atoms with E-state index in [1.54, 1.807) is 24.3 Å². The lowest BCUT2D eigenvalue weighted by molar-refractivity contribution is 0.475. The van der Waals surface area contributed by atoms with E-state index in [0.29, 0.717) is 16.6 Å². The molecule has 17 heavy (non-hydrogen) atoms. The average Bonchev–Trinajstić information content (AvgIpc) is 2.72. The number of fused-ring (bicyclic) bond motifs is 1. The minimum atomic E-state index is 0.203. The zero-order chi connectivity index (χ0) is 11.8. The van der Waals surface area contributed by atoms with Gasteiger partial charge in [-0.1, -0.05) is 23.7 Å². The molecule has 2 heterocycles. The van der Waals surface area contributed by atoms with E-state index in [2.05, 4.69) is 15.0 Å². The van der Waals surface area contributed by atoms with Gasteiger partial charge < -0.3 is 10.1 Å². The van der Waals surface area contributed by atoms with Crippen molar-refractivity contribution >= 4 is 22.8 Å². The molecule has 0 unspecified atom stereocenters. The maximum absolute atomic E-state index is 9.41. The molecule has 0 aliphatic heterocycles. The second kappa shape index (κ2) is 3.75. The van der Waals surface area contributed by atoms with Gasteiger partial charge in [-0.2, -0.15) is 0 Å². The van der Waals surface area contributed by atoms with E-state index in [0.717, 1.165) is 11.1 Å². The Morgan fingerprint density at radius 1 is 1.12 bits per heavy atom. The Morgan fingerprint density at radius 2 is 2.00 bits per heavy atom. The molecule has 0 fully saturated rings. The van der Waals surface area contributed by atoms with Crippen LogP contribution in [0.3, 0.4) is 0 Å². The molecule has 0 radical (unpaired) electrons. The Bertz CT molecular complexity index is 693. The number of phenols is 1. The molecule has 2 aromatic heterocycles. The van der Waals surface area contributed by atoms with E-state index >= 15 is 0 Å². The van der Waals surface area contributed by atoms with Crippen molar-refractivity contribution in [3.05, 3.63) is 41.6 Å². The van der Waals surface area contributed by atoms with Gasteiger partial charge in [0.25, 0.3) is 0 Å². The van der Waals surface area contributed by atoms with Gasteiger partial charge in [-0.15, -0.1) is 0 Å². The van der Waals surface area contributed by atoms with Crippen molar-refractivity contribution in [2.45, 2.75) is 0 Å². The maximum Gasteiger partial charge on any atom is 0.179 e. The van der Waals surface area contributed by atoms with Gasteiger partial charge in [0.15, 0.2) is 5.65 Å². The topological polar surface area (TPSA) is 61.8 Å². The molecule has 0 amide bonds. The number of halogens is 1.